The normalized spacial score (nSPS) is 24.9. The molecule has 0 N–H and O–H groups in total. The SMILES string of the molecule is CC(C)(C)[Si](C)(C)OC[C@H]1[C@@H]2CC(=O)O[C@@H]2C[C@@H]1OC(=O)c1ccc(-c2ccccc2)cc1. The minimum Gasteiger partial charge on any atom is -0.462 e. The van der Waals surface area contributed by atoms with Crippen molar-refractivity contribution < 1.29 is 23.5 Å². The van der Waals surface area contributed by atoms with E-state index in [1.165, 1.54) is 0 Å². The van der Waals surface area contributed by atoms with Crippen molar-refractivity contribution in [3.63, 3.8) is 0 Å². The third kappa shape index (κ3) is 5.07. The molecule has 0 unspecified atom stereocenters. The molecule has 1 saturated heterocycles. The van der Waals surface area contributed by atoms with E-state index in [1.807, 2.05) is 54.6 Å². The van der Waals surface area contributed by atoms with Gasteiger partial charge in [-0.2, -0.15) is 0 Å². The number of hydrogen-bond acceptors (Lipinski definition) is 5. The Kier molecular flexibility index (Phi) is 6.51. The third-order valence-electron chi connectivity index (χ3n) is 7.58. The highest BCUT2D eigenvalue weighted by atomic mass is 28.4. The number of ether oxygens (including phenoxy) is 2. The Labute approximate surface area is 197 Å². The van der Waals surface area contributed by atoms with Crippen molar-refractivity contribution in [2.45, 2.75) is 64.0 Å². The molecule has 4 rings (SSSR count). The number of rotatable bonds is 6. The summed E-state index contributed by atoms with van der Waals surface area (Å²) in [5, 5.41) is 0.0830. The number of esters is 2. The molecule has 1 aliphatic heterocycles. The van der Waals surface area contributed by atoms with Crippen LogP contribution in [0.1, 0.15) is 44.0 Å². The number of hydrogen-bond donors (Lipinski definition) is 0. The van der Waals surface area contributed by atoms with Crippen molar-refractivity contribution >= 4 is 20.3 Å². The molecule has 0 spiro atoms. The highest BCUT2D eigenvalue weighted by Crippen LogP contribution is 2.45. The second-order valence-corrected chi connectivity index (χ2v) is 15.6. The fraction of sp³-hybridized carbons (Fsp3) is 0.481. The Hall–Kier alpha value is -2.44. The van der Waals surface area contributed by atoms with Crippen LogP contribution in [-0.2, 0) is 18.7 Å². The molecule has 2 aliphatic rings. The van der Waals surface area contributed by atoms with Crippen LogP contribution < -0.4 is 0 Å². The third-order valence-corrected chi connectivity index (χ3v) is 12.1. The first-order chi connectivity index (χ1) is 15.5. The maximum absolute atomic E-state index is 13.0. The first-order valence-electron chi connectivity index (χ1n) is 11.7. The molecular weight excluding hydrogens is 432 g/mol. The quantitative estimate of drug-likeness (QED) is 0.395. The van der Waals surface area contributed by atoms with Gasteiger partial charge in [0.05, 0.1) is 12.0 Å². The van der Waals surface area contributed by atoms with E-state index in [1.54, 1.807) is 0 Å². The van der Waals surface area contributed by atoms with Gasteiger partial charge in [0, 0.05) is 24.9 Å². The van der Waals surface area contributed by atoms with Gasteiger partial charge >= 0.3 is 11.9 Å². The number of benzene rings is 2. The summed E-state index contributed by atoms with van der Waals surface area (Å²) in [6.07, 6.45) is 0.397. The van der Waals surface area contributed by atoms with Crippen molar-refractivity contribution in [2.24, 2.45) is 11.8 Å². The molecule has 1 heterocycles. The maximum Gasteiger partial charge on any atom is 0.338 e. The van der Waals surface area contributed by atoms with Crippen molar-refractivity contribution in [1.82, 2.24) is 0 Å². The summed E-state index contributed by atoms with van der Waals surface area (Å²) in [7, 11) is -1.97. The van der Waals surface area contributed by atoms with Gasteiger partial charge in [0.25, 0.3) is 0 Å². The second kappa shape index (κ2) is 9.07. The molecule has 0 aromatic heterocycles. The van der Waals surface area contributed by atoms with Crippen LogP contribution >= 0.6 is 0 Å². The average molecular weight is 467 g/mol. The van der Waals surface area contributed by atoms with Gasteiger partial charge in [0.2, 0.25) is 0 Å². The molecule has 33 heavy (non-hydrogen) atoms. The topological polar surface area (TPSA) is 61.8 Å². The van der Waals surface area contributed by atoms with Crippen LogP contribution in [0.4, 0.5) is 0 Å². The lowest BCUT2D eigenvalue weighted by molar-refractivity contribution is -0.141. The lowest BCUT2D eigenvalue weighted by atomic mass is 9.93. The van der Waals surface area contributed by atoms with E-state index in [4.69, 9.17) is 13.9 Å². The Morgan fingerprint density at radius 3 is 2.30 bits per heavy atom. The Morgan fingerprint density at radius 2 is 1.67 bits per heavy atom. The molecule has 0 radical (unpaired) electrons. The summed E-state index contributed by atoms with van der Waals surface area (Å²) in [6, 6.07) is 17.5. The molecule has 2 fully saturated rings. The second-order valence-electron chi connectivity index (χ2n) is 10.8. The molecule has 0 amide bonds. The summed E-state index contributed by atoms with van der Waals surface area (Å²) < 4.78 is 18.0. The average Bonchev–Trinajstić information content (AvgIpc) is 3.27. The van der Waals surface area contributed by atoms with Gasteiger partial charge in [-0.05, 0) is 41.4 Å². The number of carbonyl (C=O) groups excluding carboxylic acids is 2. The molecule has 2 aromatic rings. The van der Waals surface area contributed by atoms with Crippen molar-refractivity contribution in [2.75, 3.05) is 6.61 Å². The highest BCUT2D eigenvalue weighted by Gasteiger charge is 2.52. The predicted octanol–water partition coefficient (Wildman–Crippen LogP) is 5.85. The lowest BCUT2D eigenvalue weighted by Crippen LogP contribution is -2.43. The van der Waals surface area contributed by atoms with Gasteiger partial charge in [-0.15, -0.1) is 0 Å². The van der Waals surface area contributed by atoms with Crippen molar-refractivity contribution in [1.29, 1.82) is 0 Å². The van der Waals surface area contributed by atoms with Gasteiger partial charge in [0.15, 0.2) is 8.32 Å². The molecule has 6 heteroatoms. The molecule has 2 aromatic carbocycles. The Morgan fingerprint density at radius 1 is 1.03 bits per heavy atom. The van der Waals surface area contributed by atoms with Crippen LogP contribution in [0.3, 0.4) is 0 Å². The zero-order valence-corrected chi connectivity index (χ0v) is 21.2. The van der Waals surface area contributed by atoms with Gasteiger partial charge in [-0.1, -0.05) is 63.2 Å². The molecule has 1 aliphatic carbocycles. The van der Waals surface area contributed by atoms with E-state index in [2.05, 4.69) is 33.9 Å². The van der Waals surface area contributed by atoms with Gasteiger partial charge in [-0.25, -0.2) is 4.79 Å². The van der Waals surface area contributed by atoms with Gasteiger partial charge < -0.3 is 13.9 Å². The van der Waals surface area contributed by atoms with Crippen molar-refractivity contribution in [3.8, 4) is 11.1 Å². The summed E-state index contributed by atoms with van der Waals surface area (Å²) in [6.45, 7) is 11.5. The highest BCUT2D eigenvalue weighted by molar-refractivity contribution is 6.74. The van der Waals surface area contributed by atoms with E-state index in [0.717, 1.165) is 11.1 Å². The monoisotopic (exact) mass is 466 g/mol. The summed E-state index contributed by atoms with van der Waals surface area (Å²) in [5.41, 5.74) is 2.67. The molecule has 0 bridgehead atoms. The van der Waals surface area contributed by atoms with Gasteiger partial charge in [-0.3, -0.25) is 4.79 Å². The Balaban J connectivity index is 1.46. The van der Waals surface area contributed by atoms with Crippen LogP contribution in [0, 0.1) is 11.8 Å². The zero-order chi connectivity index (χ0) is 23.8. The first kappa shape index (κ1) is 23.7. The molecule has 4 atom stereocenters. The lowest BCUT2D eigenvalue weighted by Gasteiger charge is -2.38. The van der Waals surface area contributed by atoms with E-state index in [0.29, 0.717) is 25.0 Å². The smallest absolute Gasteiger partial charge is 0.338 e. The van der Waals surface area contributed by atoms with E-state index < -0.39 is 8.32 Å². The first-order valence-corrected chi connectivity index (χ1v) is 14.7. The fourth-order valence-electron chi connectivity index (χ4n) is 4.48. The van der Waals surface area contributed by atoms with Crippen LogP contribution in [0.25, 0.3) is 11.1 Å². The van der Waals surface area contributed by atoms with Crippen LogP contribution in [0.5, 0.6) is 0 Å². The summed E-state index contributed by atoms with van der Waals surface area (Å²) in [4.78, 5) is 24.9. The predicted molar refractivity (Wildman–Crippen MR) is 130 cm³/mol. The number of carbonyl (C=O) groups is 2. The van der Waals surface area contributed by atoms with E-state index in [-0.39, 0.29) is 41.0 Å². The standard InChI is InChI=1S/C27H34O5Si/c1-27(2,3)33(4,5)30-17-22-21-15-25(28)31-23(21)16-24(22)32-26(29)20-13-11-19(12-14-20)18-9-7-6-8-10-18/h6-14,21-24H,15-17H2,1-5H3/t21-,22-,23+,24-/m0/s1. The maximum atomic E-state index is 13.0. The van der Waals surface area contributed by atoms with E-state index >= 15 is 0 Å². The van der Waals surface area contributed by atoms with Crippen LogP contribution in [0.15, 0.2) is 54.6 Å². The molecule has 5 nitrogen and oxygen atoms in total. The molecular formula is C27H34O5Si. The Bertz CT molecular complexity index is 993. The molecule has 1 saturated carbocycles. The van der Waals surface area contributed by atoms with Crippen LogP contribution in [-0.4, -0.2) is 39.1 Å². The fourth-order valence-corrected chi connectivity index (χ4v) is 5.52. The minimum atomic E-state index is -1.97. The molecule has 176 valence electrons. The minimum absolute atomic E-state index is 0.0388. The van der Waals surface area contributed by atoms with Crippen LogP contribution in [0.2, 0.25) is 18.1 Å². The zero-order valence-electron chi connectivity index (χ0n) is 20.2. The van der Waals surface area contributed by atoms with E-state index in [9.17, 15) is 9.59 Å². The summed E-state index contributed by atoms with van der Waals surface area (Å²) >= 11 is 0. The van der Waals surface area contributed by atoms with Gasteiger partial charge in [0.1, 0.15) is 12.2 Å². The summed E-state index contributed by atoms with van der Waals surface area (Å²) in [5.74, 6) is -0.504. The van der Waals surface area contributed by atoms with Crippen molar-refractivity contribution in [3.05, 3.63) is 60.2 Å². The number of fused-ring (bicyclic) bond motifs is 1. The largest absolute Gasteiger partial charge is 0.462 e.